The third-order valence-corrected chi connectivity index (χ3v) is 1.41. The molecule has 1 unspecified atom stereocenters. The van der Waals surface area contributed by atoms with Gasteiger partial charge in [-0.2, -0.15) is 0 Å². The van der Waals surface area contributed by atoms with Gasteiger partial charge in [-0.1, -0.05) is 5.16 Å². The Balaban J connectivity index is 3.97. The molecule has 0 aromatic carbocycles. The first-order valence-electron chi connectivity index (χ1n) is 4.70. The molecule has 0 radical (unpaired) electrons. The van der Waals surface area contributed by atoms with Gasteiger partial charge in [-0.05, 0) is 27.7 Å². The van der Waals surface area contributed by atoms with E-state index in [1.54, 1.807) is 27.7 Å². The average Bonchev–Trinajstić information content (AvgIpc) is 1.99. The standard InChI is InChI=1S/C9H19N3O3/c1-6(5-7(10)12-14)11-8(13)15-9(2,3)4/h6,14H,5H2,1-4H3,(H2,10,12)(H,11,13). The van der Waals surface area contributed by atoms with Crippen molar-refractivity contribution in [1.82, 2.24) is 5.32 Å². The van der Waals surface area contributed by atoms with Crippen LogP contribution in [0.5, 0.6) is 0 Å². The summed E-state index contributed by atoms with van der Waals surface area (Å²) in [5.41, 5.74) is 4.76. The van der Waals surface area contributed by atoms with Gasteiger partial charge >= 0.3 is 6.09 Å². The second-order valence-corrected chi connectivity index (χ2v) is 4.34. The summed E-state index contributed by atoms with van der Waals surface area (Å²) in [6.45, 7) is 7.07. The van der Waals surface area contributed by atoms with Crippen LogP contribution in [0.3, 0.4) is 0 Å². The number of hydrogen-bond donors (Lipinski definition) is 3. The molecule has 1 atom stereocenters. The number of amides is 1. The minimum Gasteiger partial charge on any atom is -0.444 e. The molecule has 6 heteroatoms. The molecule has 0 spiro atoms. The maximum Gasteiger partial charge on any atom is 0.407 e. The molecule has 6 nitrogen and oxygen atoms in total. The fraction of sp³-hybridized carbons (Fsp3) is 0.778. The maximum absolute atomic E-state index is 11.3. The lowest BCUT2D eigenvalue weighted by atomic mass is 10.2. The smallest absolute Gasteiger partial charge is 0.407 e. The molecule has 0 aliphatic carbocycles. The first kappa shape index (κ1) is 13.5. The number of alkyl carbamates (subject to hydrolysis) is 1. The Morgan fingerprint density at radius 1 is 1.60 bits per heavy atom. The molecule has 1 amide bonds. The third kappa shape index (κ3) is 7.60. The van der Waals surface area contributed by atoms with E-state index in [9.17, 15) is 4.79 Å². The average molecular weight is 217 g/mol. The number of nitrogens with two attached hydrogens (primary N) is 1. The van der Waals surface area contributed by atoms with Crippen LogP contribution in [0.4, 0.5) is 4.79 Å². The number of oxime groups is 1. The minimum atomic E-state index is -0.527. The Bertz CT molecular complexity index is 245. The fourth-order valence-electron chi connectivity index (χ4n) is 0.914. The van der Waals surface area contributed by atoms with Crippen molar-refractivity contribution >= 4 is 11.9 Å². The van der Waals surface area contributed by atoms with Gasteiger partial charge in [0.15, 0.2) is 0 Å². The molecule has 0 rings (SSSR count). The number of carbonyl (C=O) groups excluding carboxylic acids is 1. The molecule has 0 heterocycles. The van der Waals surface area contributed by atoms with E-state index in [1.807, 2.05) is 0 Å². The van der Waals surface area contributed by atoms with Gasteiger partial charge in [-0.25, -0.2) is 4.79 Å². The predicted molar refractivity (Wildman–Crippen MR) is 56.9 cm³/mol. The van der Waals surface area contributed by atoms with Gasteiger partial charge in [0.2, 0.25) is 0 Å². The third-order valence-electron chi connectivity index (χ3n) is 1.41. The van der Waals surface area contributed by atoms with Crippen LogP contribution in [0.1, 0.15) is 34.1 Å². The quantitative estimate of drug-likeness (QED) is 0.285. The number of rotatable bonds is 3. The van der Waals surface area contributed by atoms with Crippen molar-refractivity contribution in [2.75, 3.05) is 0 Å². The SMILES string of the molecule is CC(C/C(N)=N/O)NC(=O)OC(C)(C)C. The molecule has 0 saturated heterocycles. The Morgan fingerprint density at radius 2 is 2.13 bits per heavy atom. The molecular formula is C9H19N3O3. The van der Waals surface area contributed by atoms with Gasteiger partial charge in [-0.15, -0.1) is 0 Å². The summed E-state index contributed by atoms with van der Waals surface area (Å²) in [5.74, 6) is 0.0681. The minimum absolute atomic E-state index is 0.0681. The molecule has 0 aromatic heterocycles. The highest BCUT2D eigenvalue weighted by Gasteiger charge is 2.17. The van der Waals surface area contributed by atoms with Crippen molar-refractivity contribution < 1.29 is 14.7 Å². The number of nitrogens with one attached hydrogen (secondary N) is 1. The van der Waals surface area contributed by atoms with Crippen LogP contribution in [-0.2, 0) is 4.74 Å². The van der Waals surface area contributed by atoms with Crippen molar-refractivity contribution in [2.24, 2.45) is 10.9 Å². The second kappa shape index (κ2) is 5.43. The van der Waals surface area contributed by atoms with Gasteiger partial charge in [0.05, 0.1) is 0 Å². The number of ether oxygens (including phenoxy) is 1. The summed E-state index contributed by atoms with van der Waals surface area (Å²) in [7, 11) is 0. The first-order valence-corrected chi connectivity index (χ1v) is 4.70. The number of nitrogens with zero attached hydrogens (tertiary/aromatic N) is 1. The van der Waals surface area contributed by atoms with E-state index in [-0.39, 0.29) is 18.3 Å². The van der Waals surface area contributed by atoms with Crippen molar-refractivity contribution in [2.45, 2.75) is 45.8 Å². The summed E-state index contributed by atoms with van der Waals surface area (Å²) in [6.07, 6.45) is -0.240. The van der Waals surface area contributed by atoms with Gasteiger partial charge in [0, 0.05) is 12.5 Å². The van der Waals surface area contributed by atoms with Crippen molar-refractivity contribution in [1.29, 1.82) is 0 Å². The normalized spacial score (nSPS) is 14.5. The van der Waals surface area contributed by atoms with Crippen LogP contribution < -0.4 is 11.1 Å². The Labute approximate surface area is 89.5 Å². The highest BCUT2D eigenvalue weighted by Crippen LogP contribution is 2.06. The van der Waals surface area contributed by atoms with Crippen LogP contribution in [0.15, 0.2) is 5.16 Å². The van der Waals surface area contributed by atoms with Crippen LogP contribution in [0.25, 0.3) is 0 Å². The molecule has 15 heavy (non-hydrogen) atoms. The molecule has 88 valence electrons. The monoisotopic (exact) mass is 217 g/mol. The molecule has 4 N–H and O–H groups in total. The van der Waals surface area contributed by atoms with Crippen LogP contribution in [0.2, 0.25) is 0 Å². The summed E-state index contributed by atoms with van der Waals surface area (Å²) in [6, 6.07) is -0.240. The van der Waals surface area contributed by atoms with E-state index < -0.39 is 11.7 Å². The van der Waals surface area contributed by atoms with Crippen LogP contribution in [0, 0.1) is 0 Å². The van der Waals surface area contributed by atoms with Crippen molar-refractivity contribution in [3.05, 3.63) is 0 Å². The molecule has 0 aromatic rings. The molecule has 0 bridgehead atoms. The van der Waals surface area contributed by atoms with Crippen molar-refractivity contribution in [3.8, 4) is 0 Å². The van der Waals surface area contributed by atoms with E-state index in [0.717, 1.165) is 0 Å². The highest BCUT2D eigenvalue weighted by atomic mass is 16.6. The van der Waals surface area contributed by atoms with Gasteiger partial charge in [-0.3, -0.25) is 0 Å². The van der Waals surface area contributed by atoms with Crippen LogP contribution in [-0.4, -0.2) is 28.8 Å². The molecule has 0 aliphatic rings. The summed E-state index contributed by atoms with van der Waals surface area (Å²) >= 11 is 0. The lowest BCUT2D eigenvalue weighted by molar-refractivity contribution is 0.0510. The lowest BCUT2D eigenvalue weighted by Crippen LogP contribution is -2.39. The van der Waals surface area contributed by atoms with E-state index in [4.69, 9.17) is 15.7 Å². The zero-order chi connectivity index (χ0) is 12.1. The fourth-order valence-corrected chi connectivity index (χ4v) is 0.914. The number of carbonyl (C=O) groups is 1. The van der Waals surface area contributed by atoms with E-state index in [2.05, 4.69) is 10.5 Å². The van der Waals surface area contributed by atoms with E-state index in [0.29, 0.717) is 0 Å². The highest BCUT2D eigenvalue weighted by molar-refractivity contribution is 5.80. The lowest BCUT2D eigenvalue weighted by Gasteiger charge is -2.21. The van der Waals surface area contributed by atoms with Crippen LogP contribution >= 0.6 is 0 Å². The van der Waals surface area contributed by atoms with Gasteiger partial charge in [0.1, 0.15) is 11.4 Å². The molecule has 0 fully saturated rings. The second-order valence-electron chi connectivity index (χ2n) is 4.34. The summed E-state index contributed by atoms with van der Waals surface area (Å²) in [4.78, 5) is 11.3. The number of hydrogen-bond acceptors (Lipinski definition) is 4. The predicted octanol–water partition coefficient (Wildman–Crippen LogP) is 1.04. The topological polar surface area (TPSA) is 96.9 Å². The van der Waals surface area contributed by atoms with E-state index in [1.165, 1.54) is 0 Å². The Morgan fingerprint density at radius 3 is 2.53 bits per heavy atom. The van der Waals surface area contributed by atoms with Gasteiger partial charge < -0.3 is 21.0 Å². The zero-order valence-electron chi connectivity index (χ0n) is 9.57. The van der Waals surface area contributed by atoms with Crippen molar-refractivity contribution in [3.63, 3.8) is 0 Å². The van der Waals surface area contributed by atoms with Gasteiger partial charge in [0.25, 0.3) is 0 Å². The zero-order valence-corrected chi connectivity index (χ0v) is 9.57. The molecule has 0 saturated carbocycles. The maximum atomic E-state index is 11.3. The molecular weight excluding hydrogens is 198 g/mol. The molecule has 0 aliphatic heterocycles. The Hall–Kier alpha value is -1.46. The first-order chi connectivity index (χ1) is 6.74. The van der Waals surface area contributed by atoms with E-state index >= 15 is 0 Å². The largest absolute Gasteiger partial charge is 0.444 e. The number of amidine groups is 1. The summed E-state index contributed by atoms with van der Waals surface area (Å²) in [5, 5.41) is 13.7. The Kier molecular flexibility index (Phi) is 4.90. The summed E-state index contributed by atoms with van der Waals surface area (Å²) < 4.78 is 5.03.